The minimum Gasteiger partial charge on any atom is -0.497 e. The van der Waals surface area contributed by atoms with Crippen LogP contribution in [0.4, 0.5) is 4.79 Å². The third-order valence-electron chi connectivity index (χ3n) is 5.09. The van der Waals surface area contributed by atoms with Crippen molar-refractivity contribution in [2.24, 2.45) is 0 Å². The van der Waals surface area contributed by atoms with E-state index in [1.165, 1.54) is 14.0 Å². The average Bonchev–Trinajstić information content (AvgIpc) is 3.03. The lowest BCUT2D eigenvalue weighted by Gasteiger charge is -2.29. The topological polar surface area (TPSA) is 111 Å². The van der Waals surface area contributed by atoms with Crippen LogP contribution in [0.15, 0.2) is 48.5 Å². The second kappa shape index (κ2) is 9.51. The Morgan fingerprint density at radius 1 is 0.969 bits per heavy atom. The van der Waals surface area contributed by atoms with Gasteiger partial charge in [0.05, 0.1) is 24.8 Å². The van der Waals surface area contributed by atoms with Crippen molar-refractivity contribution in [1.29, 1.82) is 0 Å². The maximum Gasteiger partial charge on any atom is 0.413 e. The Hall–Kier alpha value is -3.88. The molecule has 0 saturated heterocycles. The Balaban J connectivity index is 1.71. The molecule has 0 saturated carbocycles. The van der Waals surface area contributed by atoms with Gasteiger partial charge in [0.2, 0.25) is 0 Å². The Kier molecular flexibility index (Phi) is 6.77. The van der Waals surface area contributed by atoms with Crippen molar-refractivity contribution >= 4 is 23.9 Å². The Morgan fingerprint density at radius 2 is 1.53 bits per heavy atom. The molecular weight excluding hydrogens is 416 g/mol. The zero-order chi connectivity index (χ0) is 23.3. The van der Waals surface area contributed by atoms with Crippen molar-refractivity contribution in [2.45, 2.75) is 25.8 Å². The first-order valence-corrected chi connectivity index (χ1v) is 10.1. The molecule has 9 heteroatoms. The summed E-state index contributed by atoms with van der Waals surface area (Å²) in [4.78, 5) is 51.4. The fraction of sp³-hybridized carbons (Fsp3) is 0.304. The standard InChI is InChI=1S/C23H24N2O7/c1-4-31-21(28)23(2,24-22(29)32-16-11-9-15(30-3)10-12-16)13-14-25-19(26)17-7-5-6-8-18(17)20(25)27/h5-12H,4,13-14H2,1-3H3,(H,24,29)/t23-/m1/s1. The molecule has 1 N–H and O–H groups in total. The summed E-state index contributed by atoms with van der Waals surface area (Å²) in [6.45, 7) is 3.09. The highest BCUT2D eigenvalue weighted by molar-refractivity contribution is 6.21. The number of benzene rings is 2. The number of nitrogens with zero attached hydrogens (tertiary/aromatic N) is 1. The highest BCUT2D eigenvalue weighted by Crippen LogP contribution is 2.25. The normalized spacial score (nSPS) is 14.4. The van der Waals surface area contributed by atoms with Crippen molar-refractivity contribution < 1.29 is 33.4 Å². The SMILES string of the molecule is CCOC(=O)[C@@](C)(CCN1C(=O)c2ccccc2C1=O)NC(=O)Oc1ccc(OC)cc1. The molecule has 0 fully saturated rings. The van der Waals surface area contributed by atoms with Crippen LogP contribution >= 0.6 is 0 Å². The number of hydrogen-bond donors (Lipinski definition) is 1. The molecule has 0 aliphatic carbocycles. The molecule has 1 heterocycles. The molecule has 1 aliphatic rings. The number of methoxy groups -OCH3 is 1. The second-order valence-corrected chi connectivity index (χ2v) is 7.30. The van der Waals surface area contributed by atoms with Gasteiger partial charge >= 0.3 is 12.1 Å². The summed E-state index contributed by atoms with van der Waals surface area (Å²) >= 11 is 0. The van der Waals surface area contributed by atoms with Crippen molar-refractivity contribution in [3.8, 4) is 11.5 Å². The summed E-state index contributed by atoms with van der Waals surface area (Å²) in [6.07, 6.45) is -0.942. The lowest BCUT2D eigenvalue weighted by Crippen LogP contribution is -2.55. The van der Waals surface area contributed by atoms with Gasteiger partial charge in [0, 0.05) is 6.54 Å². The molecule has 0 bridgehead atoms. The Labute approximate surface area is 185 Å². The summed E-state index contributed by atoms with van der Waals surface area (Å²) in [5.74, 6) is -0.761. The number of nitrogens with one attached hydrogen (secondary N) is 1. The zero-order valence-electron chi connectivity index (χ0n) is 18.0. The van der Waals surface area contributed by atoms with Gasteiger partial charge in [-0.2, -0.15) is 0 Å². The molecule has 2 aromatic rings. The van der Waals surface area contributed by atoms with Crippen LogP contribution in [0.2, 0.25) is 0 Å². The summed E-state index contributed by atoms with van der Waals surface area (Å²) in [5, 5.41) is 2.51. The molecule has 32 heavy (non-hydrogen) atoms. The number of esters is 1. The quantitative estimate of drug-likeness (QED) is 0.496. The molecule has 3 amide bonds. The third-order valence-corrected chi connectivity index (χ3v) is 5.09. The van der Waals surface area contributed by atoms with Crippen LogP contribution in [0.25, 0.3) is 0 Å². The lowest BCUT2D eigenvalue weighted by molar-refractivity contribution is -0.150. The molecule has 0 spiro atoms. The molecule has 0 aromatic heterocycles. The van der Waals surface area contributed by atoms with E-state index in [2.05, 4.69) is 5.32 Å². The minimum absolute atomic E-state index is 0.0605. The van der Waals surface area contributed by atoms with E-state index in [0.29, 0.717) is 16.9 Å². The number of imide groups is 1. The van der Waals surface area contributed by atoms with Crippen LogP contribution in [-0.4, -0.2) is 54.6 Å². The number of carbonyl (C=O) groups excluding carboxylic acids is 4. The van der Waals surface area contributed by atoms with Crippen LogP contribution in [0, 0.1) is 0 Å². The van der Waals surface area contributed by atoms with Crippen LogP contribution in [0.5, 0.6) is 11.5 Å². The van der Waals surface area contributed by atoms with E-state index >= 15 is 0 Å². The predicted octanol–water partition coefficient (Wildman–Crippen LogP) is 2.79. The second-order valence-electron chi connectivity index (χ2n) is 7.30. The van der Waals surface area contributed by atoms with E-state index in [1.807, 2.05) is 0 Å². The van der Waals surface area contributed by atoms with Crippen molar-refractivity contribution in [2.75, 3.05) is 20.3 Å². The molecule has 1 atom stereocenters. The van der Waals surface area contributed by atoms with E-state index in [4.69, 9.17) is 14.2 Å². The smallest absolute Gasteiger partial charge is 0.413 e. The first-order chi connectivity index (χ1) is 15.3. The van der Waals surface area contributed by atoms with Gasteiger partial charge < -0.3 is 19.5 Å². The van der Waals surface area contributed by atoms with Gasteiger partial charge in [-0.05, 0) is 56.7 Å². The van der Waals surface area contributed by atoms with Gasteiger partial charge in [-0.3, -0.25) is 14.5 Å². The first kappa shape index (κ1) is 22.8. The van der Waals surface area contributed by atoms with Crippen molar-refractivity contribution in [1.82, 2.24) is 10.2 Å². The minimum atomic E-state index is -1.53. The summed E-state index contributed by atoms with van der Waals surface area (Å²) in [7, 11) is 1.52. The zero-order valence-corrected chi connectivity index (χ0v) is 18.0. The first-order valence-electron chi connectivity index (χ1n) is 10.1. The molecule has 0 unspecified atom stereocenters. The van der Waals surface area contributed by atoms with Gasteiger partial charge in [0.25, 0.3) is 11.8 Å². The number of rotatable bonds is 8. The number of hydrogen-bond acceptors (Lipinski definition) is 7. The van der Waals surface area contributed by atoms with Crippen LogP contribution in [-0.2, 0) is 9.53 Å². The fourth-order valence-corrected chi connectivity index (χ4v) is 3.29. The average molecular weight is 440 g/mol. The maximum absolute atomic E-state index is 12.6. The van der Waals surface area contributed by atoms with E-state index < -0.39 is 29.4 Å². The lowest BCUT2D eigenvalue weighted by atomic mass is 9.97. The van der Waals surface area contributed by atoms with Crippen LogP contribution in [0.1, 0.15) is 41.0 Å². The summed E-state index contributed by atoms with van der Waals surface area (Å²) in [6, 6.07) is 12.8. The molecule has 168 valence electrons. The van der Waals surface area contributed by atoms with E-state index in [9.17, 15) is 19.2 Å². The molecular formula is C23H24N2O7. The number of amides is 3. The maximum atomic E-state index is 12.6. The molecule has 1 aliphatic heterocycles. The fourth-order valence-electron chi connectivity index (χ4n) is 3.29. The molecule has 2 aromatic carbocycles. The number of fused-ring (bicyclic) bond motifs is 1. The number of ether oxygens (including phenoxy) is 3. The van der Waals surface area contributed by atoms with E-state index in [1.54, 1.807) is 55.5 Å². The van der Waals surface area contributed by atoms with Gasteiger partial charge in [0.15, 0.2) is 0 Å². The van der Waals surface area contributed by atoms with Crippen molar-refractivity contribution in [3.05, 3.63) is 59.7 Å². The summed E-state index contributed by atoms with van der Waals surface area (Å²) < 4.78 is 15.4. The predicted molar refractivity (Wildman–Crippen MR) is 114 cm³/mol. The van der Waals surface area contributed by atoms with Gasteiger partial charge in [0.1, 0.15) is 17.0 Å². The molecule has 9 nitrogen and oxygen atoms in total. The van der Waals surface area contributed by atoms with Gasteiger partial charge in [-0.1, -0.05) is 12.1 Å². The van der Waals surface area contributed by atoms with E-state index in [-0.39, 0.29) is 25.3 Å². The highest BCUT2D eigenvalue weighted by Gasteiger charge is 2.41. The monoisotopic (exact) mass is 440 g/mol. The van der Waals surface area contributed by atoms with Gasteiger partial charge in [-0.25, -0.2) is 9.59 Å². The van der Waals surface area contributed by atoms with Gasteiger partial charge in [-0.15, -0.1) is 0 Å². The Bertz CT molecular complexity index is 1000. The largest absolute Gasteiger partial charge is 0.497 e. The highest BCUT2D eigenvalue weighted by atomic mass is 16.6. The van der Waals surface area contributed by atoms with E-state index in [0.717, 1.165) is 4.90 Å². The third kappa shape index (κ3) is 4.72. The molecule has 0 radical (unpaired) electrons. The van der Waals surface area contributed by atoms with Crippen LogP contribution in [0.3, 0.4) is 0 Å². The summed E-state index contributed by atoms with van der Waals surface area (Å²) in [5.41, 5.74) is -0.918. The van der Waals surface area contributed by atoms with Crippen molar-refractivity contribution in [3.63, 3.8) is 0 Å². The molecule has 3 rings (SSSR count). The Morgan fingerprint density at radius 3 is 2.06 bits per heavy atom. The van der Waals surface area contributed by atoms with Crippen LogP contribution < -0.4 is 14.8 Å². The number of carbonyl (C=O) groups is 4.